The van der Waals surface area contributed by atoms with Crippen molar-refractivity contribution in [3.8, 4) is 5.75 Å². The van der Waals surface area contributed by atoms with E-state index in [1.807, 2.05) is 0 Å². The fourth-order valence-corrected chi connectivity index (χ4v) is 2.64. The first-order chi connectivity index (χ1) is 11.1. The normalized spacial score (nSPS) is 20.6. The van der Waals surface area contributed by atoms with E-state index in [9.17, 15) is 9.59 Å². The second kappa shape index (κ2) is 8.56. The van der Waals surface area contributed by atoms with Gasteiger partial charge in [-0.1, -0.05) is 13.0 Å². The van der Waals surface area contributed by atoms with Crippen molar-refractivity contribution in [1.82, 2.24) is 0 Å². The van der Waals surface area contributed by atoms with Gasteiger partial charge in [0.05, 0.1) is 12.2 Å². The predicted molar refractivity (Wildman–Crippen MR) is 85.4 cm³/mol. The molecule has 0 saturated heterocycles. The topological polar surface area (TPSA) is 61.8 Å². The third-order valence-corrected chi connectivity index (χ3v) is 3.96. The molecule has 0 aromatic heterocycles. The second-order valence-corrected chi connectivity index (χ2v) is 5.91. The van der Waals surface area contributed by atoms with Gasteiger partial charge in [-0.25, -0.2) is 9.59 Å². The van der Waals surface area contributed by atoms with E-state index >= 15 is 0 Å². The molecule has 1 aliphatic rings. The van der Waals surface area contributed by atoms with Gasteiger partial charge in [-0.3, -0.25) is 0 Å². The quantitative estimate of drug-likeness (QED) is 0.752. The minimum Gasteiger partial charge on any atom is -0.482 e. The van der Waals surface area contributed by atoms with Crippen molar-refractivity contribution >= 4 is 11.9 Å². The van der Waals surface area contributed by atoms with Crippen LogP contribution in [0.5, 0.6) is 5.75 Å². The summed E-state index contributed by atoms with van der Waals surface area (Å²) < 4.78 is 15.8. The molecule has 0 unspecified atom stereocenters. The van der Waals surface area contributed by atoms with Gasteiger partial charge in [0.2, 0.25) is 0 Å². The lowest BCUT2D eigenvalue weighted by molar-refractivity contribution is -0.153. The Hall–Kier alpha value is -2.04. The van der Waals surface area contributed by atoms with Crippen LogP contribution in [0.25, 0.3) is 0 Å². The van der Waals surface area contributed by atoms with Crippen LogP contribution >= 0.6 is 0 Å². The maximum Gasteiger partial charge on any atom is 0.344 e. The SMILES string of the molecule is CCOC(=O)c1cccc(OCC(=O)OC2CCC(C)CC2)c1. The summed E-state index contributed by atoms with van der Waals surface area (Å²) in [6.07, 6.45) is 4.05. The number of benzene rings is 1. The van der Waals surface area contributed by atoms with Crippen LogP contribution in [-0.2, 0) is 14.3 Å². The highest BCUT2D eigenvalue weighted by Gasteiger charge is 2.21. The highest BCUT2D eigenvalue weighted by molar-refractivity contribution is 5.89. The first kappa shape index (κ1) is 17.3. The number of carbonyl (C=O) groups is 2. The molecule has 0 atom stereocenters. The Balaban J connectivity index is 1.80. The number of hydrogen-bond acceptors (Lipinski definition) is 5. The van der Waals surface area contributed by atoms with E-state index in [0.717, 1.165) is 25.7 Å². The lowest BCUT2D eigenvalue weighted by Gasteiger charge is -2.25. The minimum atomic E-state index is -0.406. The van der Waals surface area contributed by atoms with Crippen LogP contribution in [0, 0.1) is 5.92 Å². The van der Waals surface area contributed by atoms with Gasteiger partial charge in [-0.05, 0) is 56.7 Å². The van der Waals surface area contributed by atoms with Crippen LogP contribution in [0.15, 0.2) is 24.3 Å². The van der Waals surface area contributed by atoms with Crippen LogP contribution in [0.1, 0.15) is 49.9 Å². The standard InChI is InChI=1S/C18H24O5/c1-3-21-18(20)14-5-4-6-16(11-14)22-12-17(19)23-15-9-7-13(2)8-10-15/h4-6,11,13,15H,3,7-10,12H2,1-2H3. The van der Waals surface area contributed by atoms with Crippen LogP contribution in [0.2, 0.25) is 0 Å². The van der Waals surface area contributed by atoms with E-state index in [0.29, 0.717) is 23.8 Å². The minimum absolute atomic E-state index is 0.00756. The summed E-state index contributed by atoms with van der Waals surface area (Å²) in [4.78, 5) is 23.5. The molecule has 126 valence electrons. The summed E-state index contributed by atoms with van der Waals surface area (Å²) in [6, 6.07) is 6.59. The Morgan fingerprint density at radius 3 is 2.61 bits per heavy atom. The monoisotopic (exact) mass is 320 g/mol. The van der Waals surface area contributed by atoms with E-state index in [4.69, 9.17) is 14.2 Å². The van der Waals surface area contributed by atoms with E-state index in [2.05, 4.69) is 6.92 Å². The maximum atomic E-state index is 11.8. The van der Waals surface area contributed by atoms with Crippen LogP contribution in [0.3, 0.4) is 0 Å². The first-order valence-electron chi connectivity index (χ1n) is 8.18. The zero-order valence-electron chi connectivity index (χ0n) is 13.7. The molecule has 1 aromatic carbocycles. The molecule has 0 spiro atoms. The van der Waals surface area contributed by atoms with Crippen LogP contribution in [-0.4, -0.2) is 31.3 Å². The third kappa shape index (κ3) is 5.58. The van der Waals surface area contributed by atoms with Gasteiger partial charge >= 0.3 is 11.9 Å². The highest BCUT2D eigenvalue weighted by Crippen LogP contribution is 2.25. The van der Waals surface area contributed by atoms with Crippen LogP contribution in [0.4, 0.5) is 0 Å². The van der Waals surface area contributed by atoms with Crippen molar-refractivity contribution in [2.75, 3.05) is 13.2 Å². The van der Waals surface area contributed by atoms with Crippen LogP contribution < -0.4 is 4.74 Å². The number of ether oxygens (including phenoxy) is 3. The van der Waals surface area contributed by atoms with E-state index in [-0.39, 0.29) is 18.7 Å². The summed E-state index contributed by atoms with van der Waals surface area (Å²) in [5, 5.41) is 0. The smallest absolute Gasteiger partial charge is 0.344 e. The van der Waals surface area contributed by atoms with E-state index in [1.54, 1.807) is 31.2 Å². The summed E-state index contributed by atoms with van der Waals surface area (Å²) in [7, 11) is 0. The first-order valence-corrected chi connectivity index (χ1v) is 8.18. The molecule has 0 bridgehead atoms. The van der Waals surface area contributed by atoms with Crippen molar-refractivity contribution in [3.63, 3.8) is 0 Å². The highest BCUT2D eigenvalue weighted by atomic mass is 16.6. The number of rotatable bonds is 6. The predicted octanol–water partition coefficient (Wildman–Crippen LogP) is 3.36. The van der Waals surface area contributed by atoms with Gasteiger partial charge in [0.1, 0.15) is 11.9 Å². The molecule has 1 aromatic rings. The molecule has 0 aliphatic heterocycles. The molecule has 23 heavy (non-hydrogen) atoms. The fourth-order valence-electron chi connectivity index (χ4n) is 2.64. The Morgan fingerprint density at radius 1 is 1.17 bits per heavy atom. The molecule has 1 fully saturated rings. The lowest BCUT2D eigenvalue weighted by Crippen LogP contribution is -2.26. The summed E-state index contributed by atoms with van der Waals surface area (Å²) in [5.74, 6) is 0.388. The van der Waals surface area contributed by atoms with Gasteiger partial charge in [0.15, 0.2) is 6.61 Å². The van der Waals surface area contributed by atoms with Gasteiger partial charge in [0.25, 0.3) is 0 Å². The number of esters is 2. The average Bonchev–Trinajstić information content (AvgIpc) is 2.56. The largest absolute Gasteiger partial charge is 0.482 e. The Bertz CT molecular complexity index is 532. The van der Waals surface area contributed by atoms with Crippen molar-refractivity contribution < 1.29 is 23.8 Å². The molecule has 5 nitrogen and oxygen atoms in total. The van der Waals surface area contributed by atoms with E-state index < -0.39 is 5.97 Å². The molecular formula is C18H24O5. The fraction of sp³-hybridized carbons (Fsp3) is 0.556. The molecule has 1 aliphatic carbocycles. The molecule has 0 N–H and O–H groups in total. The van der Waals surface area contributed by atoms with Crippen molar-refractivity contribution in [3.05, 3.63) is 29.8 Å². The third-order valence-electron chi connectivity index (χ3n) is 3.96. The van der Waals surface area contributed by atoms with Gasteiger partial charge in [-0.2, -0.15) is 0 Å². The van der Waals surface area contributed by atoms with Gasteiger partial charge in [-0.15, -0.1) is 0 Å². The zero-order valence-corrected chi connectivity index (χ0v) is 13.7. The molecular weight excluding hydrogens is 296 g/mol. The molecule has 1 saturated carbocycles. The summed E-state index contributed by atoms with van der Waals surface area (Å²) in [6.45, 7) is 4.13. The molecule has 5 heteroatoms. The Labute approximate surface area is 136 Å². The number of carbonyl (C=O) groups excluding carboxylic acids is 2. The van der Waals surface area contributed by atoms with Gasteiger partial charge in [0, 0.05) is 0 Å². The molecule has 2 rings (SSSR count). The summed E-state index contributed by atoms with van der Waals surface area (Å²) >= 11 is 0. The Morgan fingerprint density at radius 2 is 1.91 bits per heavy atom. The van der Waals surface area contributed by atoms with Gasteiger partial charge < -0.3 is 14.2 Å². The zero-order chi connectivity index (χ0) is 16.7. The maximum absolute atomic E-state index is 11.8. The lowest BCUT2D eigenvalue weighted by atomic mass is 9.89. The van der Waals surface area contributed by atoms with Crippen molar-refractivity contribution in [1.29, 1.82) is 0 Å². The second-order valence-electron chi connectivity index (χ2n) is 5.91. The van der Waals surface area contributed by atoms with Crippen molar-refractivity contribution in [2.24, 2.45) is 5.92 Å². The Kier molecular flexibility index (Phi) is 6.44. The number of hydrogen-bond donors (Lipinski definition) is 0. The van der Waals surface area contributed by atoms with E-state index in [1.165, 1.54) is 0 Å². The summed E-state index contributed by atoms with van der Waals surface area (Å²) in [5.41, 5.74) is 0.402. The molecule has 0 heterocycles. The molecule has 0 radical (unpaired) electrons. The van der Waals surface area contributed by atoms with Crippen molar-refractivity contribution in [2.45, 2.75) is 45.6 Å². The molecule has 0 amide bonds. The average molecular weight is 320 g/mol.